The Hall–Kier alpha value is -3.16. The minimum atomic E-state index is -4.91. The van der Waals surface area contributed by atoms with Crippen LogP contribution in [0.15, 0.2) is 12.1 Å². The van der Waals surface area contributed by atoms with E-state index in [1.165, 1.54) is 0 Å². The fraction of sp³-hybridized carbons (Fsp3) is 0.552. The molecule has 0 radical (unpaired) electrons. The number of pyridine rings is 1. The number of piperazine rings is 1. The Morgan fingerprint density at radius 3 is 2.67 bits per heavy atom. The van der Waals surface area contributed by atoms with Crippen LogP contribution in [-0.2, 0) is 10.9 Å². The van der Waals surface area contributed by atoms with Crippen LogP contribution in [0.1, 0.15) is 50.5 Å². The van der Waals surface area contributed by atoms with Crippen molar-refractivity contribution in [3.05, 3.63) is 28.5 Å². The molecular weight excluding hydrogens is 592 g/mol. The van der Waals surface area contributed by atoms with E-state index >= 15 is 4.39 Å². The van der Waals surface area contributed by atoms with Crippen LogP contribution in [0.25, 0.3) is 22.2 Å². The fourth-order valence-corrected chi connectivity index (χ4v) is 7.94. The summed E-state index contributed by atoms with van der Waals surface area (Å²) in [4.78, 5) is 15.7. The first kappa shape index (κ1) is 27.4. The van der Waals surface area contributed by atoms with E-state index in [1.807, 2.05) is 0 Å². The van der Waals surface area contributed by atoms with Gasteiger partial charge in [0.2, 0.25) is 5.88 Å². The monoisotopic (exact) mass is 620 g/mol. The number of nitrogens with two attached hydrogens (primary N) is 1. The molecular formula is C29H29ClF4N6O3. The number of hydrogen-bond donors (Lipinski definition) is 2. The van der Waals surface area contributed by atoms with E-state index in [4.69, 9.17) is 36.5 Å². The summed E-state index contributed by atoms with van der Waals surface area (Å²) in [5.74, 6) is -0.735. The van der Waals surface area contributed by atoms with Crippen molar-refractivity contribution in [2.24, 2.45) is 0 Å². The zero-order valence-electron chi connectivity index (χ0n) is 23.0. The van der Waals surface area contributed by atoms with Crippen molar-refractivity contribution in [2.45, 2.75) is 81.0 Å². The van der Waals surface area contributed by atoms with Crippen molar-refractivity contribution in [2.75, 3.05) is 30.4 Å². The van der Waals surface area contributed by atoms with Crippen LogP contribution >= 0.6 is 11.6 Å². The highest BCUT2D eigenvalue weighted by Gasteiger charge is 2.47. The number of alkyl halides is 3. The average Bonchev–Trinajstić information content (AvgIpc) is 3.67. The molecule has 5 aliphatic heterocycles. The van der Waals surface area contributed by atoms with Gasteiger partial charge in [0.15, 0.2) is 5.82 Å². The number of aromatic nitrogens is 3. The Balaban J connectivity index is 1.33. The van der Waals surface area contributed by atoms with Gasteiger partial charge in [0.25, 0.3) is 0 Å². The van der Waals surface area contributed by atoms with Crippen molar-refractivity contribution in [3.63, 3.8) is 0 Å². The lowest BCUT2D eigenvalue weighted by Crippen LogP contribution is -2.59. The summed E-state index contributed by atoms with van der Waals surface area (Å²) in [6.45, 7) is 1.03. The molecule has 3 atom stereocenters. The molecule has 8 rings (SSSR count). The molecule has 3 aromatic rings. The number of rotatable bonds is 4. The topological polar surface area (TPSA) is 108 Å². The Morgan fingerprint density at radius 1 is 1.12 bits per heavy atom. The van der Waals surface area contributed by atoms with Gasteiger partial charge in [-0.2, -0.15) is 23.1 Å². The van der Waals surface area contributed by atoms with Crippen LogP contribution in [0.5, 0.6) is 11.9 Å². The quantitative estimate of drug-likeness (QED) is 0.298. The van der Waals surface area contributed by atoms with Crippen molar-refractivity contribution >= 4 is 34.0 Å². The van der Waals surface area contributed by atoms with Crippen LogP contribution in [-0.4, -0.2) is 64.5 Å². The predicted molar refractivity (Wildman–Crippen MR) is 150 cm³/mol. The van der Waals surface area contributed by atoms with E-state index in [0.29, 0.717) is 18.8 Å². The molecule has 9 nitrogen and oxygen atoms in total. The number of fused-ring (bicyclic) bond motifs is 7. The number of halogens is 5. The number of nitrogens with one attached hydrogen (secondary N) is 1. The predicted octanol–water partition coefficient (Wildman–Crippen LogP) is 5.27. The smallest absolute Gasteiger partial charge is 0.418 e. The van der Waals surface area contributed by atoms with E-state index < -0.39 is 39.4 Å². The van der Waals surface area contributed by atoms with Gasteiger partial charge >= 0.3 is 12.2 Å². The zero-order valence-corrected chi connectivity index (χ0v) is 23.8. The summed E-state index contributed by atoms with van der Waals surface area (Å²) < 4.78 is 77.6. The highest BCUT2D eigenvalue weighted by molar-refractivity contribution is 6.32. The highest BCUT2D eigenvalue weighted by Crippen LogP contribution is 2.47. The lowest BCUT2D eigenvalue weighted by molar-refractivity contribution is -0.137. The highest BCUT2D eigenvalue weighted by atomic mass is 35.5. The van der Waals surface area contributed by atoms with Gasteiger partial charge in [-0.3, -0.25) is 0 Å². The number of hydrogen-bond acceptors (Lipinski definition) is 9. The Morgan fingerprint density at radius 2 is 1.93 bits per heavy atom. The average molecular weight is 621 g/mol. The molecule has 4 saturated heterocycles. The van der Waals surface area contributed by atoms with Gasteiger partial charge in [-0.25, -0.2) is 9.37 Å². The third-order valence-electron chi connectivity index (χ3n) is 9.57. The maximum atomic E-state index is 16.6. The molecule has 0 aliphatic carbocycles. The lowest BCUT2D eigenvalue weighted by Gasteiger charge is -2.43. The summed E-state index contributed by atoms with van der Waals surface area (Å²) in [6, 6.07) is 2.34. The molecule has 4 bridgehead atoms. The molecule has 0 spiro atoms. The maximum Gasteiger partial charge on any atom is 0.418 e. The number of nitrogens with zero attached hydrogens (tertiary/aromatic N) is 4. The molecule has 0 amide bonds. The third kappa shape index (κ3) is 4.45. The molecule has 7 heterocycles. The van der Waals surface area contributed by atoms with Crippen molar-refractivity contribution in [1.82, 2.24) is 20.3 Å². The molecule has 2 aromatic heterocycles. The second-order valence-corrected chi connectivity index (χ2v) is 12.7. The van der Waals surface area contributed by atoms with Gasteiger partial charge in [0, 0.05) is 42.3 Å². The first-order valence-electron chi connectivity index (χ1n) is 14.6. The number of nitrogen functional groups attached to an aromatic ring is 1. The van der Waals surface area contributed by atoms with Crippen LogP contribution in [0, 0.1) is 5.82 Å². The summed E-state index contributed by atoms with van der Waals surface area (Å²) >= 11 is 6.01. The Bertz CT molecular complexity index is 1630. The molecule has 0 unspecified atom stereocenters. The second kappa shape index (κ2) is 9.67. The molecule has 14 heteroatoms. The van der Waals surface area contributed by atoms with Gasteiger partial charge < -0.3 is 30.2 Å². The minimum absolute atomic E-state index is 0.0116. The molecule has 1 aromatic carbocycles. The first-order chi connectivity index (χ1) is 20.6. The van der Waals surface area contributed by atoms with Gasteiger partial charge in [-0.05, 0) is 50.7 Å². The molecule has 4 fully saturated rings. The lowest BCUT2D eigenvalue weighted by atomic mass is 9.89. The van der Waals surface area contributed by atoms with E-state index in [9.17, 15) is 13.2 Å². The molecule has 0 saturated carbocycles. The SMILES string of the molecule is Nc1cc(Cl)c(C(F)(F)F)c(-c2nc3c4c(nc(OCC56CCC(CC5)O6)nc4c2F)N2C[C@H]4CC[C@H](N4)[C@H]2CCO3)c1. The standard InChI is InChI=1S/C29H29ClF4N6O3/c30-17-10-13(35)9-16(21(17)29(32,33)34)23-22(31)24-20-25(39-27(38-24)42-12-28-6-3-15(43-28)4-7-28)40-11-14-1-2-18(36-14)19(40)5-8-41-26(20)37-23/h9-10,14-15,18-19,36H,1-8,11-12,35H2/t14-,15?,18+,19-,28?/m1/s1. The van der Waals surface area contributed by atoms with Crippen molar-refractivity contribution in [1.29, 1.82) is 0 Å². The normalized spacial score (nSPS) is 29.4. The number of benzene rings is 1. The summed E-state index contributed by atoms with van der Waals surface area (Å²) in [5, 5.41) is 3.18. The van der Waals surface area contributed by atoms with Gasteiger partial charge in [0.05, 0.1) is 23.3 Å². The summed E-state index contributed by atoms with van der Waals surface area (Å²) in [5.41, 5.74) is 2.65. The van der Waals surface area contributed by atoms with Crippen LogP contribution in [0.4, 0.5) is 29.1 Å². The van der Waals surface area contributed by atoms with Crippen LogP contribution in [0.2, 0.25) is 5.02 Å². The van der Waals surface area contributed by atoms with Gasteiger partial charge in [-0.1, -0.05) is 11.6 Å². The largest absolute Gasteiger partial charge is 0.477 e. The summed E-state index contributed by atoms with van der Waals surface area (Å²) in [7, 11) is 0. The molecule has 5 aliphatic rings. The first-order valence-corrected chi connectivity index (χ1v) is 15.0. The molecule has 228 valence electrons. The Labute approximate surface area is 249 Å². The van der Waals surface area contributed by atoms with Gasteiger partial charge in [0.1, 0.15) is 34.6 Å². The van der Waals surface area contributed by atoms with E-state index in [2.05, 4.69) is 20.2 Å². The maximum absolute atomic E-state index is 16.6. The van der Waals surface area contributed by atoms with E-state index in [-0.39, 0.29) is 65.9 Å². The zero-order chi connectivity index (χ0) is 29.7. The van der Waals surface area contributed by atoms with Crippen molar-refractivity contribution < 1.29 is 31.8 Å². The van der Waals surface area contributed by atoms with Crippen molar-refractivity contribution in [3.8, 4) is 23.1 Å². The number of ether oxygens (including phenoxy) is 3. The van der Waals surface area contributed by atoms with Crippen LogP contribution < -0.4 is 25.4 Å². The van der Waals surface area contributed by atoms with E-state index in [0.717, 1.165) is 50.7 Å². The third-order valence-corrected chi connectivity index (χ3v) is 9.87. The van der Waals surface area contributed by atoms with E-state index in [1.54, 1.807) is 0 Å². The van der Waals surface area contributed by atoms with Gasteiger partial charge in [-0.15, -0.1) is 0 Å². The molecule has 3 N–H and O–H groups in total. The minimum Gasteiger partial charge on any atom is -0.477 e. The Kier molecular flexibility index (Phi) is 6.16. The summed E-state index contributed by atoms with van der Waals surface area (Å²) in [6.07, 6.45) is 1.48. The second-order valence-electron chi connectivity index (χ2n) is 12.2. The fourth-order valence-electron chi connectivity index (χ4n) is 7.61. The number of anilines is 2. The molecule has 43 heavy (non-hydrogen) atoms. The van der Waals surface area contributed by atoms with Crippen LogP contribution in [0.3, 0.4) is 0 Å².